The number of carbonyl (C=O) groups excluding carboxylic acids is 2. The smallest absolute Gasteiger partial charge is 0.295 e. The fourth-order valence-corrected chi connectivity index (χ4v) is 3.52. The molecular weight excluding hydrogens is 441 g/mol. The number of likely N-dealkylation sites (tertiary alicyclic amines) is 1. The van der Waals surface area contributed by atoms with Crippen LogP contribution in [0.1, 0.15) is 31.0 Å². The Hall–Kier alpha value is -2.51. The highest BCUT2D eigenvalue weighted by Crippen LogP contribution is 2.39. The molecule has 7 heteroatoms. The van der Waals surface area contributed by atoms with Crippen LogP contribution in [0, 0.1) is 5.82 Å². The number of nitrogens with zero attached hydrogens (tertiary/aromatic N) is 1. The maximum absolute atomic E-state index is 13.4. The zero-order valence-electron chi connectivity index (χ0n) is 16.1. The van der Waals surface area contributed by atoms with Gasteiger partial charge in [0.05, 0.1) is 24.3 Å². The molecule has 1 N–H and O–H groups in total. The quantitative estimate of drug-likeness (QED) is 0.392. The topological polar surface area (TPSA) is 66.8 Å². The van der Waals surface area contributed by atoms with E-state index in [4.69, 9.17) is 4.74 Å². The Labute approximate surface area is 176 Å². The molecule has 152 valence electrons. The third-order valence-corrected chi connectivity index (χ3v) is 5.16. The van der Waals surface area contributed by atoms with Crippen molar-refractivity contribution in [3.05, 3.63) is 75.5 Å². The van der Waals surface area contributed by atoms with Crippen molar-refractivity contribution in [1.29, 1.82) is 0 Å². The first-order valence-electron chi connectivity index (χ1n) is 9.21. The zero-order chi connectivity index (χ0) is 21.1. The minimum absolute atomic E-state index is 0.0199. The number of Topliss-reactive ketones (excluding diaryl/α,β-unsaturated/α-hetero) is 1. The van der Waals surface area contributed by atoms with E-state index in [1.165, 1.54) is 29.2 Å². The van der Waals surface area contributed by atoms with Crippen LogP contribution in [0.4, 0.5) is 4.39 Å². The van der Waals surface area contributed by atoms with Gasteiger partial charge in [-0.1, -0.05) is 40.2 Å². The number of halogens is 2. The average molecular weight is 462 g/mol. The van der Waals surface area contributed by atoms with Crippen molar-refractivity contribution >= 4 is 33.4 Å². The molecule has 0 saturated carbocycles. The highest BCUT2D eigenvalue weighted by atomic mass is 79.9. The molecule has 1 saturated heterocycles. The number of aliphatic hydroxyl groups excluding tert-OH is 1. The number of hydrogen-bond acceptors (Lipinski definition) is 4. The molecule has 1 atom stereocenters. The van der Waals surface area contributed by atoms with Gasteiger partial charge in [-0.05, 0) is 43.7 Å². The lowest BCUT2D eigenvalue weighted by atomic mass is 9.95. The molecule has 0 aromatic heterocycles. The van der Waals surface area contributed by atoms with Crippen LogP contribution in [0.2, 0.25) is 0 Å². The summed E-state index contributed by atoms with van der Waals surface area (Å²) in [6, 6.07) is 11.5. The van der Waals surface area contributed by atoms with Crippen LogP contribution in [0.15, 0.2) is 58.6 Å². The molecule has 1 fully saturated rings. The molecular formula is C22H21BrFNO4. The van der Waals surface area contributed by atoms with E-state index in [9.17, 15) is 19.1 Å². The number of ketones is 1. The van der Waals surface area contributed by atoms with Crippen LogP contribution < -0.4 is 0 Å². The summed E-state index contributed by atoms with van der Waals surface area (Å²) in [6.07, 6.45) is -0.0288. The number of benzene rings is 2. The second-order valence-corrected chi connectivity index (χ2v) is 7.89. The van der Waals surface area contributed by atoms with Gasteiger partial charge < -0.3 is 14.7 Å². The van der Waals surface area contributed by atoms with Gasteiger partial charge in [0.2, 0.25) is 0 Å². The van der Waals surface area contributed by atoms with Gasteiger partial charge in [0.1, 0.15) is 11.6 Å². The maximum atomic E-state index is 13.4. The Morgan fingerprint density at radius 2 is 1.76 bits per heavy atom. The lowest BCUT2D eigenvalue weighted by Gasteiger charge is -2.25. The second-order valence-electron chi connectivity index (χ2n) is 6.97. The van der Waals surface area contributed by atoms with E-state index < -0.39 is 23.5 Å². The third kappa shape index (κ3) is 4.57. The Morgan fingerprint density at radius 1 is 1.14 bits per heavy atom. The SMILES string of the molecule is CC(C)OCCN1C(=O)C(=O)/C(=C(\O)c2ccc(Br)cc2)C1c1ccc(F)cc1. The van der Waals surface area contributed by atoms with Gasteiger partial charge in [-0.2, -0.15) is 0 Å². The lowest BCUT2D eigenvalue weighted by Crippen LogP contribution is -2.33. The predicted octanol–water partition coefficient (Wildman–Crippen LogP) is 4.43. The van der Waals surface area contributed by atoms with E-state index in [0.29, 0.717) is 11.1 Å². The van der Waals surface area contributed by atoms with Crippen molar-refractivity contribution in [2.75, 3.05) is 13.2 Å². The van der Waals surface area contributed by atoms with E-state index in [1.807, 2.05) is 13.8 Å². The Bertz CT molecular complexity index is 938. The highest BCUT2D eigenvalue weighted by Gasteiger charge is 2.45. The first kappa shape index (κ1) is 21.2. The van der Waals surface area contributed by atoms with Crippen LogP contribution in [-0.4, -0.2) is 41.0 Å². The average Bonchev–Trinajstić information content (AvgIpc) is 2.93. The molecule has 0 aliphatic carbocycles. The standard InChI is InChI=1S/C22H21BrFNO4/c1-13(2)29-12-11-25-19(14-5-9-17(24)10-6-14)18(21(27)22(25)28)20(26)15-3-7-16(23)8-4-15/h3-10,13,19,26H,11-12H2,1-2H3/b20-18-. The van der Waals surface area contributed by atoms with Gasteiger partial charge >= 0.3 is 0 Å². The summed E-state index contributed by atoms with van der Waals surface area (Å²) in [5, 5.41) is 10.9. The minimum Gasteiger partial charge on any atom is -0.507 e. The number of hydrogen-bond donors (Lipinski definition) is 1. The van der Waals surface area contributed by atoms with Gasteiger partial charge in [-0.3, -0.25) is 9.59 Å². The zero-order valence-corrected chi connectivity index (χ0v) is 17.6. The Balaban J connectivity index is 2.07. The van der Waals surface area contributed by atoms with Crippen molar-refractivity contribution < 1.29 is 23.8 Å². The van der Waals surface area contributed by atoms with Gasteiger partial charge in [0.15, 0.2) is 0 Å². The largest absolute Gasteiger partial charge is 0.507 e. The molecule has 5 nitrogen and oxygen atoms in total. The Morgan fingerprint density at radius 3 is 2.34 bits per heavy atom. The summed E-state index contributed by atoms with van der Waals surface area (Å²) in [7, 11) is 0. The number of ether oxygens (including phenoxy) is 1. The summed E-state index contributed by atoms with van der Waals surface area (Å²) >= 11 is 3.33. The fraction of sp³-hybridized carbons (Fsp3) is 0.273. The molecule has 29 heavy (non-hydrogen) atoms. The molecule has 1 heterocycles. The number of aliphatic hydroxyl groups is 1. The summed E-state index contributed by atoms with van der Waals surface area (Å²) in [5.74, 6) is -2.19. The van der Waals surface area contributed by atoms with E-state index in [0.717, 1.165) is 4.47 Å². The number of rotatable bonds is 6. The summed E-state index contributed by atoms with van der Waals surface area (Å²) in [5.41, 5.74) is 0.930. The maximum Gasteiger partial charge on any atom is 0.295 e. The number of amides is 1. The van der Waals surface area contributed by atoms with Crippen molar-refractivity contribution in [1.82, 2.24) is 4.90 Å². The van der Waals surface area contributed by atoms with E-state index in [1.54, 1.807) is 24.3 Å². The van der Waals surface area contributed by atoms with Gasteiger partial charge in [0, 0.05) is 16.6 Å². The summed E-state index contributed by atoms with van der Waals surface area (Å²) in [4.78, 5) is 26.9. The summed E-state index contributed by atoms with van der Waals surface area (Å²) in [6.45, 7) is 4.15. The van der Waals surface area contributed by atoms with Gasteiger partial charge in [-0.15, -0.1) is 0 Å². The molecule has 1 unspecified atom stereocenters. The van der Waals surface area contributed by atoms with Gasteiger partial charge in [0.25, 0.3) is 11.7 Å². The van der Waals surface area contributed by atoms with Crippen molar-refractivity contribution in [2.45, 2.75) is 26.0 Å². The van der Waals surface area contributed by atoms with Crippen molar-refractivity contribution in [2.24, 2.45) is 0 Å². The lowest BCUT2D eigenvalue weighted by molar-refractivity contribution is -0.140. The third-order valence-electron chi connectivity index (χ3n) is 4.63. The van der Waals surface area contributed by atoms with E-state index in [2.05, 4.69) is 15.9 Å². The molecule has 3 rings (SSSR count). The van der Waals surface area contributed by atoms with Crippen LogP contribution in [-0.2, 0) is 14.3 Å². The molecule has 1 amide bonds. The first-order valence-corrected chi connectivity index (χ1v) is 10.0. The monoisotopic (exact) mass is 461 g/mol. The van der Waals surface area contributed by atoms with Crippen LogP contribution >= 0.6 is 15.9 Å². The van der Waals surface area contributed by atoms with Crippen molar-refractivity contribution in [3.8, 4) is 0 Å². The molecule has 2 aromatic rings. The molecule has 0 spiro atoms. The van der Waals surface area contributed by atoms with Crippen LogP contribution in [0.5, 0.6) is 0 Å². The van der Waals surface area contributed by atoms with E-state index >= 15 is 0 Å². The van der Waals surface area contributed by atoms with Gasteiger partial charge in [-0.25, -0.2) is 4.39 Å². The van der Waals surface area contributed by atoms with Crippen molar-refractivity contribution in [3.63, 3.8) is 0 Å². The normalized spacial score (nSPS) is 18.7. The predicted molar refractivity (Wildman–Crippen MR) is 111 cm³/mol. The number of carbonyl (C=O) groups is 2. The molecule has 2 aromatic carbocycles. The van der Waals surface area contributed by atoms with Crippen LogP contribution in [0.25, 0.3) is 5.76 Å². The second kappa shape index (κ2) is 8.88. The van der Waals surface area contributed by atoms with Crippen LogP contribution in [0.3, 0.4) is 0 Å². The summed E-state index contributed by atoms with van der Waals surface area (Å²) < 4.78 is 19.8. The molecule has 0 radical (unpaired) electrons. The minimum atomic E-state index is -0.824. The first-order chi connectivity index (χ1) is 13.8. The molecule has 1 aliphatic heterocycles. The fourth-order valence-electron chi connectivity index (χ4n) is 3.25. The molecule has 0 bridgehead atoms. The molecule has 1 aliphatic rings. The Kier molecular flexibility index (Phi) is 6.49. The van der Waals surface area contributed by atoms with E-state index in [-0.39, 0.29) is 30.6 Å². The highest BCUT2D eigenvalue weighted by molar-refractivity contribution is 9.10.